The average molecular weight is 344 g/mol. The van der Waals surface area contributed by atoms with Crippen LogP contribution in [0.1, 0.15) is 29.5 Å². The second-order valence-corrected chi connectivity index (χ2v) is 7.02. The molecule has 3 atom stereocenters. The Balaban J connectivity index is 1.63. The van der Waals surface area contributed by atoms with E-state index in [4.69, 9.17) is 4.74 Å². The Morgan fingerprint density at radius 2 is 1.85 bits per heavy atom. The molecule has 4 nitrogen and oxygen atoms in total. The number of hydrogen-bond donors (Lipinski definition) is 1. The van der Waals surface area contributed by atoms with Crippen LogP contribution in [0.4, 0.5) is 5.69 Å². The summed E-state index contributed by atoms with van der Waals surface area (Å²) in [6, 6.07) is 20.5. The van der Waals surface area contributed by atoms with Crippen molar-refractivity contribution >= 4 is 11.5 Å². The van der Waals surface area contributed by atoms with Crippen molar-refractivity contribution in [3.63, 3.8) is 0 Å². The van der Waals surface area contributed by atoms with Gasteiger partial charge in [0, 0.05) is 30.3 Å². The molecular formula is C22H20N2O2. The van der Waals surface area contributed by atoms with Gasteiger partial charge in [0.15, 0.2) is 0 Å². The smallest absolute Gasteiger partial charge is 0.143 e. The number of ether oxygens (including phenoxy) is 1. The molecule has 4 heteroatoms. The first kappa shape index (κ1) is 15.3. The highest BCUT2D eigenvalue weighted by molar-refractivity contribution is 5.91. The number of carbonyl (C=O) groups excluding carboxylic acids is 1. The summed E-state index contributed by atoms with van der Waals surface area (Å²) in [6.45, 7) is 0. The number of fused-ring (bicyclic) bond motifs is 5. The van der Waals surface area contributed by atoms with Crippen LogP contribution in [0.2, 0.25) is 0 Å². The van der Waals surface area contributed by atoms with E-state index < -0.39 is 0 Å². The Morgan fingerprint density at radius 3 is 2.65 bits per heavy atom. The van der Waals surface area contributed by atoms with E-state index in [0.29, 0.717) is 12.2 Å². The monoisotopic (exact) mass is 344 g/mol. The number of benzene rings is 2. The number of aromatic nitrogens is 1. The zero-order valence-corrected chi connectivity index (χ0v) is 14.6. The minimum Gasteiger partial charge on any atom is -0.497 e. The SMILES string of the molecule is COc1ccc(C2C(=O)CC3c4cccn4-c4ccccc4NC32)cc1. The number of methoxy groups -OCH3 is 1. The normalized spacial score (nSPS) is 23.4. The van der Waals surface area contributed by atoms with E-state index in [9.17, 15) is 4.79 Å². The molecule has 2 heterocycles. The van der Waals surface area contributed by atoms with Crippen LogP contribution in [0.3, 0.4) is 0 Å². The Labute approximate surface area is 152 Å². The molecule has 0 bridgehead atoms. The van der Waals surface area contributed by atoms with Gasteiger partial charge in [0.05, 0.1) is 24.4 Å². The first-order valence-corrected chi connectivity index (χ1v) is 8.96. The number of anilines is 1. The minimum atomic E-state index is -0.152. The van der Waals surface area contributed by atoms with E-state index in [0.717, 1.165) is 22.7 Å². The third-order valence-corrected chi connectivity index (χ3v) is 5.68. The van der Waals surface area contributed by atoms with Crippen molar-refractivity contribution in [3.05, 3.63) is 78.1 Å². The number of Topliss-reactive ketones (excluding diaryl/α,β-unsaturated/α-hetero) is 1. The summed E-state index contributed by atoms with van der Waals surface area (Å²) in [6.07, 6.45) is 2.65. The summed E-state index contributed by atoms with van der Waals surface area (Å²) in [7, 11) is 1.66. The second kappa shape index (κ2) is 5.77. The molecule has 1 saturated carbocycles. The second-order valence-electron chi connectivity index (χ2n) is 7.02. The molecule has 1 N–H and O–H groups in total. The summed E-state index contributed by atoms with van der Waals surface area (Å²) in [5, 5.41) is 3.69. The van der Waals surface area contributed by atoms with Crippen LogP contribution in [0.5, 0.6) is 5.75 Å². The van der Waals surface area contributed by atoms with Crippen LogP contribution in [0.15, 0.2) is 66.9 Å². The van der Waals surface area contributed by atoms with Gasteiger partial charge in [-0.2, -0.15) is 0 Å². The third kappa shape index (κ3) is 2.18. The van der Waals surface area contributed by atoms with Crippen molar-refractivity contribution in [2.75, 3.05) is 12.4 Å². The maximum atomic E-state index is 13.0. The molecular weight excluding hydrogens is 324 g/mol. The summed E-state index contributed by atoms with van der Waals surface area (Å²) >= 11 is 0. The zero-order valence-electron chi connectivity index (χ0n) is 14.6. The molecule has 1 aromatic heterocycles. The zero-order chi connectivity index (χ0) is 17.7. The van der Waals surface area contributed by atoms with Crippen LogP contribution >= 0.6 is 0 Å². The maximum Gasteiger partial charge on any atom is 0.143 e. The fourth-order valence-electron chi connectivity index (χ4n) is 4.48. The molecule has 26 heavy (non-hydrogen) atoms. The van der Waals surface area contributed by atoms with E-state index >= 15 is 0 Å². The largest absolute Gasteiger partial charge is 0.497 e. The molecule has 3 unspecified atom stereocenters. The standard InChI is InChI=1S/C22H20N2O2/c1-26-15-10-8-14(9-11-15)21-20(25)13-16-18-7-4-12-24(18)19-6-3-2-5-17(19)23-22(16)21/h2-12,16,21-23H,13H2,1H3. The highest BCUT2D eigenvalue weighted by Gasteiger charge is 2.46. The molecule has 130 valence electrons. The quantitative estimate of drug-likeness (QED) is 0.760. The van der Waals surface area contributed by atoms with Gasteiger partial charge in [-0.25, -0.2) is 0 Å². The molecule has 3 aromatic rings. The minimum absolute atomic E-state index is 0.0493. The van der Waals surface area contributed by atoms with Crippen LogP contribution in [0.25, 0.3) is 5.69 Å². The maximum absolute atomic E-state index is 13.0. The number of para-hydroxylation sites is 2. The van der Waals surface area contributed by atoms with Gasteiger partial charge >= 0.3 is 0 Å². The first-order chi connectivity index (χ1) is 12.8. The van der Waals surface area contributed by atoms with Gasteiger partial charge < -0.3 is 14.6 Å². The lowest BCUT2D eigenvalue weighted by molar-refractivity contribution is -0.118. The predicted octanol–water partition coefficient (Wildman–Crippen LogP) is 4.12. The fourth-order valence-corrected chi connectivity index (χ4v) is 4.48. The Kier molecular flexibility index (Phi) is 3.38. The van der Waals surface area contributed by atoms with Crippen molar-refractivity contribution < 1.29 is 9.53 Å². The number of rotatable bonds is 2. The predicted molar refractivity (Wildman–Crippen MR) is 101 cm³/mol. The number of nitrogens with zero attached hydrogens (tertiary/aromatic N) is 1. The van der Waals surface area contributed by atoms with Crippen LogP contribution in [0, 0.1) is 0 Å². The fraction of sp³-hybridized carbons (Fsp3) is 0.227. The molecule has 2 aliphatic rings. The molecule has 0 amide bonds. The summed E-state index contributed by atoms with van der Waals surface area (Å²) in [4.78, 5) is 13.0. The van der Waals surface area contributed by atoms with Crippen LogP contribution in [-0.2, 0) is 4.79 Å². The molecule has 0 radical (unpaired) electrons. The lowest BCUT2D eigenvalue weighted by atomic mass is 9.89. The molecule has 0 saturated heterocycles. The highest BCUT2D eigenvalue weighted by atomic mass is 16.5. The molecule has 0 spiro atoms. The average Bonchev–Trinajstić information content (AvgIpc) is 3.24. The lowest BCUT2D eigenvalue weighted by Crippen LogP contribution is -2.29. The number of ketones is 1. The van der Waals surface area contributed by atoms with Crippen molar-refractivity contribution in [2.24, 2.45) is 0 Å². The van der Waals surface area contributed by atoms with Gasteiger partial charge in [-0.15, -0.1) is 0 Å². The Morgan fingerprint density at radius 1 is 1.04 bits per heavy atom. The molecule has 1 fully saturated rings. The number of hydrogen-bond acceptors (Lipinski definition) is 3. The third-order valence-electron chi connectivity index (χ3n) is 5.68. The lowest BCUT2D eigenvalue weighted by Gasteiger charge is -2.24. The summed E-state index contributed by atoms with van der Waals surface area (Å²) < 4.78 is 7.48. The molecule has 2 aromatic carbocycles. The van der Waals surface area contributed by atoms with Gasteiger partial charge in [-0.1, -0.05) is 24.3 Å². The highest BCUT2D eigenvalue weighted by Crippen LogP contribution is 2.46. The van der Waals surface area contributed by atoms with Gasteiger partial charge in [0.25, 0.3) is 0 Å². The number of carbonyl (C=O) groups is 1. The molecule has 1 aliphatic carbocycles. The Hall–Kier alpha value is -3.01. The van der Waals surface area contributed by atoms with Crippen molar-refractivity contribution in [2.45, 2.75) is 24.3 Å². The summed E-state index contributed by atoms with van der Waals surface area (Å²) in [5.74, 6) is 1.12. The van der Waals surface area contributed by atoms with Gasteiger partial charge in [0.1, 0.15) is 11.5 Å². The topological polar surface area (TPSA) is 43.3 Å². The van der Waals surface area contributed by atoms with Crippen molar-refractivity contribution in [3.8, 4) is 11.4 Å². The van der Waals surface area contributed by atoms with E-state index in [-0.39, 0.29) is 17.9 Å². The number of nitrogens with one attached hydrogen (secondary N) is 1. The van der Waals surface area contributed by atoms with E-state index in [1.165, 1.54) is 5.69 Å². The van der Waals surface area contributed by atoms with Gasteiger partial charge in [0.2, 0.25) is 0 Å². The van der Waals surface area contributed by atoms with Gasteiger partial charge in [-0.3, -0.25) is 4.79 Å². The van der Waals surface area contributed by atoms with Crippen molar-refractivity contribution in [1.29, 1.82) is 0 Å². The molecule has 5 rings (SSSR count). The van der Waals surface area contributed by atoms with E-state index in [2.05, 4.69) is 46.4 Å². The van der Waals surface area contributed by atoms with Crippen molar-refractivity contribution in [1.82, 2.24) is 4.57 Å². The molecule has 1 aliphatic heterocycles. The van der Waals surface area contributed by atoms with Crippen LogP contribution < -0.4 is 10.1 Å². The first-order valence-electron chi connectivity index (χ1n) is 8.96. The van der Waals surface area contributed by atoms with E-state index in [1.54, 1.807) is 7.11 Å². The Bertz CT molecular complexity index is 974. The van der Waals surface area contributed by atoms with Gasteiger partial charge in [-0.05, 0) is 42.0 Å². The van der Waals surface area contributed by atoms with E-state index in [1.807, 2.05) is 30.3 Å². The summed E-state index contributed by atoms with van der Waals surface area (Å²) in [5.41, 5.74) is 4.47. The van der Waals surface area contributed by atoms with Crippen LogP contribution in [-0.4, -0.2) is 23.5 Å².